The summed E-state index contributed by atoms with van der Waals surface area (Å²) in [5.41, 5.74) is 2.66. The molecule has 2 aliphatic rings. The summed E-state index contributed by atoms with van der Waals surface area (Å²) in [4.78, 5) is 25.7. The van der Waals surface area contributed by atoms with Gasteiger partial charge in [-0.1, -0.05) is 19.1 Å². The number of halogens is 1. The normalized spacial score (nSPS) is 19.6. The van der Waals surface area contributed by atoms with Crippen molar-refractivity contribution in [3.8, 4) is 11.3 Å². The van der Waals surface area contributed by atoms with E-state index in [-0.39, 0.29) is 17.2 Å². The van der Waals surface area contributed by atoms with Crippen molar-refractivity contribution in [1.82, 2.24) is 14.5 Å². The number of rotatable bonds is 10. The van der Waals surface area contributed by atoms with E-state index in [1.807, 2.05) is 4.90 Å². The number of nitrogens with zero attached hydrogens (tertiary/aromatic N) is 5. The monoisotopic (exact) mass is 535 g/mol. The smallest absolute Gasteiger partial charge is 0.255 e. The summed E-state index contributed by atoms with van der Waals surface area (Å²) in [5.74, 6) is 0.719. The Labute approximate surface area is 229 Å². The van der Waals surface area contributed by atoms with E-state index in [1.165, 1.54) is 41.4 Å². The van der Waals surface area contributed by atoms with Gasteiger partial charge in [0.1, 0.15) is 6.10 Å². The Balaban J connectivity index is 1.23. The Hall–Kier alpha value is -3.30. The fourth-order valence-electron chi connectivity index (χ4n) is 5.49. The molecule has 9 heteroatoms. The molecule has 1 aromatic carbocycles. The summed E-state index contributed by atoms with van der Waals surface area (Å²) in [6.45, 7) is 7.69. The minimum atomic E-state index is -0.505. The number of morpholine rings is 1. The maximum atomic E-state index is 14.4. The van der Waals surface area contributed by atoms with Gasteiger partial charge in [0.25, 0.3) is 5.56 Å². The van der Waals surface area contributed by atoms with Gasteiger partial charge in [-0.3, -0.25) is 14.3 Å². The van der Waals surface area contributed by atoms with Crippen LogP contribution in [0.5, 0.6) is 0 Å². The van der Waals surface area contributed by atoms with E-state index in [9.17, 15) is 9.18 Å². The number of benzene rings is 1. The lowest BCUT2D eigenvalue weighted by Crippen LogP contribution is -2.41. The summed E-state index contributed by atoms with van der Waals surface area (Å²) in [6, 6.07) is 11.6. The molecule has 2 aliphatic heterocycles. The van der Waals surface area contributed by atoms with Crippen LogP contribution in [0, 0.1) is 11.7 Å². The summed E-state index contributed by atoms with van der Waals surface area (Å²) in [7, 11) is 1.69. The predicted molar refractivity (Wildman–Crippen MR) is 151 cm³/mol. The van der Waals surface area contributed by atoms with Gasteiger partial charge in [-0.2, -0.15) is 0 Å². The van der Waals surface area contributed by atoms with Crippen molar-refractivity contribution in [3.63, 3.8) is 0 Å². The van der Waals surface area contributed by atoms with Crippen LogP contribution in [0.3, 0.4) is 0 Å². The van der Waals surface area contributed by atoms with Crippen LogP contribution in [0.25, 0.3) is 11.3 Å². The highest BCUT2D eigenvalue weighted by Crippen LogP contribution is 2.30. The first-order valence-electron chi connectivity index (χ1n) is 14.0. The molecule has 8 nitrogen and oxygen atoms in total. The third kappa shape index (κ3) is 6.47. The van der Waals surface area contributed by atoms with Crippen molar-refractivity contribution in [2.75, 3.05) is 55.8 Å². The second kappa shape index (κ2) is 12.7. The molecule has 3 aromatic rings. The lowest BCUT2D eigenvalue weighted by molar-refractivity contribution is 0.0390. The molecule has 208 valence electrons. The summed E-state index contributed by atoms with van der Waals surface area (Å²) in [6.07, 6.45) is 7.13. The average molecular weight is 536 g/mol. The van der Waals surface area contributed by atoms with E-state index in [0.29, 0.717) is 31.3 Å². The zero-order valence-electron chi connectivity index (χ0n) is 22.9. The largest absolute Gasteiger partial charge is 0.381 e. The number of hydrogen-bond donors (Lipinski definition) is 0. The quantitative estimate of drug-likeness (QED) is 0.352. The average Bonchev–Trinajstić information content (AvgIpc) is 3.44. The van der Waals surface area contributed by atoms with Gasteiger partial charge < -0.3 is 19.3 Å². The van der Waals surface area contributed by atoms with Crippen LogP contribution in [-0.4, -0.2) is 60.5 Å². The van der Waals surface area contributed by atoms with Crippen LogP contribution in [0.2, 0.25) is 0 Å². The zero-order chi connectivity index (χ0) is 27.2. The lowest BCUT2D eigenvalue weighted by atomic mass is 10.0. The van der Waals surface area contributed by atoms with Gasteiger partial charge >= 0.3 is 0 Å². The molecule has 4 heterocycles. The minimum absolute atomic E-state index is 0.152. The number of pyridine rings is 1. The third-order valence-corrected chi connectivity index (χ3v) is 7.67. The molecule has 39 heavy (non-hydrogen) atoms. The van der Waals surface area contributed by atoms with Gasteiger partial charge in [0.15, 0.2) is 5.82 Å². The number of ether oxygens (including phenoxy) is 2. The molecule has 0 saturated carbocycles. The molecule has 0 bridgehead atoms. The lowest BCUT2D eigenvalue weighted by Gasteiger charge is -2.34. The highest BCUT2D eigenvalue weighted by atomic mass is 19.1. The molecule has 2 aromatic heterocycles. The van der Waals surface area contributed by atoms with Gasteiger partial charge in [0, 0.05) is 63.4 Å². The van der Waals surface area contributed by atoms with E-state index < -0.39 is 5.82 Å². The van der Waals surface area contributed by atoms with Gasteiger partial charge in [-0.15, -0.1) is 0 Å². The summed E-state index contributed by atoms with van der Waals surface area (Å²) >= 11 is 0. The van der Waals surface area contributed by atoms with Crippen molar-refractivity contribution in [2.24, 2.45) is 13.0 Å². The Kier molecular flexibility index (Phi) is 8.88. The Morgan fingerprint density at radius 2 is 1.95 bits per heavy atom. The minimum Gasteiger partial charge on any atom is -0.381 e. The SMILES string of the molecule is CCCOCCC[C@@H]1CCN(c2ccc([C@H]3CN(c4nc(-c5ccncc5F)cc(=O)n4C)CCO3)cc2)C1. The van der Waals surface area contributed by atoms with Gasteiger partial charge in [-0.05, 0) is 55.4 Å². The first-order chi connectivity index (χ1) is 19.0. The van der Waals surface area contributed by atoms with Crippen LogP contribution < -0.4 is 15.4 Å². The number of aromatic nitrogens is 3. The van der Waals surface area contributed by atoms with Crippen molar-refractivity contribution < 1.29 is 13.9 Å². The second-order valence-electron chi connectivity index (χ2n) is 10.4. The van der Waals surface area contributed by atoms with Crippen LogP contribution >= 0.6 is 0 Å². The first kappa shape index (κ1) is 27.3. The molecule has 5 rings (SSSR count). The van der Waals surface area contributed by atoms with Crippen LogP contribution in [0.1, 0.15) is 44.3 Å². The van der Waals surface area contributed by atoms with E-state index in [0.717, 1.165) is 56.8 Å². The molecule has 0 unspecified atom stereocenters. The third-order valence-electron chi connectivity index (χ3n) is 7.67. The Bertz CT molecular complexity index is 1300. The molecule has 0 radical (unpaired) electrons. The van der Waals surface area contributed by atoms with Crippen LogP contribution in [-0.2, 0) is 16.5 Å². The van der Waals surface area contributed by atoms with Gasteiger partial charge in [0.05, 0.1) is 25.0 Å². The summed E-state index contributed by atoms with van der Waals surface area (Å²) < 4.78 is 27.6. The van der Waals surface area contributed by atoms with Crippen molar-refractivity contribution in [3.05, 3.63) is 70.5 Å². The molecule has 0 amide bonds. The highest BCUT2D eigenvalue weighted by molar-refractivity contribution is 5.60. The summed E-state index contributed by atoms with van der Waals surface area (Å²) in [5, 5.41) is 0. The van der Waals surface area contributed by atoms with Gasteiger partial charge in [0.2, 0.25) is 5.95 Å². The maximum Gasteiger partial charge on any atom is 0.255 e. The Morgan fingerprint density at radius 3 is 2.74 bits per heavy atom. The van der Waals surface area contributed by atoms with E-state index in [2.05, 4.69) is 46.1 Å². The zero-order valence-corrected chi connectivity index (χ0v) is 22.9. The van der Waals surface area contributed by atoms with E-state index >= 15 is 0 Å². The first-order valence-corrected chi connectivity index (χ1v) is 14.0. The van der Waals surface area contributed by atoms with E-state index in [1.54, 1.807) is 7.05 Å². The second-order valence-corrected chi connectivity index (χ2v) is 10.4. The van der Waals surface area contributed by atoms with Crippen LogP contribution in [0.15, 0.2) is 53.6 Å². The molecule has 0 N–H and O–H groups in total. The molecule has 2 saturated heterocycles. The molecule has 2 fully saturated rings. The molecule has 2 atom stereocenters. The standard InChI is InChI=1S/C30H38FN5O3/c1-3-15-38-16-4-5-22-11-13-35(20-22)24-8-6-23(7-9-24)28-21-36(14-17-39-28)30-33-27(18-29(37)34(30)2)25-10-12-32-19-26(25)31/h6-10,12,18-19,22,28H,3-5,11,13-17,20-21H2,1-2H3/t22-,28-/m1/s1. The highest BCUT2D eigenvalue weighted by Gasteiger charge is 2.27. The Morgan fingerprint density at radius 1 is 1.10 bits per heavy atom. The fraction of sp³-hybridized carbons (Fsp3) is 0.500. The molecule has 0 spiro atoms. The number of hydrogen-bond acceptors (Lipinski definition) is 7. The van der Waals surface area contributed by atoms with Crippen molar-refractivity contribution in [2.45, 2.75) is 38.7 Å². The van der Waals surface area contributed by atoms with Crippen molar-refractivity contribution in [1.29, 1.82) is 0 Å². The molecular formula is C30H38FN5O3. The van der Waals surface area contributed by atoms with Crippen LogP contribution in [0.4, 0.5) is 16.0 Å². The number of anilines is 2. The molecular weight excluding hydrogens is 497 g/mol. The predicted octanol–water partition coefficient (Wildman–Crippen LogP) is 4.59. The fourth-order valence-corrected chi connectivity index (χ4v) is 5.49. The van der Waals surface area contributed by atoms with E-state index in [4.69, 9.17) is 9.47 Å². The van der Waals surface area contributed by atoms with Crippen molar-refractivity contribution >= 4 is 11.6 Å². The van der Waals surface area contributed by atoms with Gasteiger partial charge in [-0.25, -0.2) is 9.37 Å². The maximum absolute atomic E-state index is 14.4. The topological polar surface area (TPSA) is 72.7 Å². The molecule has 0 aliphatic carbocycles.